The molecule has 0 saturated heterocycles. The molecule has 0 spiro atoms. The number of hydrogen-bond donors (Lipinski definition) is 2. The van der Waals surface area contributed by atoms with Crippen LogP contribution in [0.5, 0.6) is 0 Å². The van der Waals surface area contributed by atoms with Gasteiger partial charge >= 0.3 is 0 Å². The van der Waals surface area contributed by atoms with Gasteiger partial charge in [0.05, 0.1) is 5.69 Å². The molecule has 3 nitrogen and oxygen atoms in total. The van der Waals surface area contributed by atoms with Gasteiger partial charge in [-0.3, -0.25) is 5.10 Å². The van der Waals surface area contributed by atoms with Crippen molar-refractivity contribution in [2.24, 2.45) is 0 Å². The third kappa shape index (κ3) is 0.914. The molecule has 0 unspecified atom stereocenters. The van der Waals surface area contributed by atoms with Gasteiger partial charge in [0.2, 0.25) is 0 Å². The zero-order valence-electron chi connectivity index (χ0n) is 6.56. The summed E-state index contributed by atoms with van der Waals surface area (Å²) in [4.78, 5) is 0. The van der Waals surface area contributed by atoms with Crippen LogP contribution in [0.2, 0.25) is 0 Å². The Morgan fingerprint density at radius 2 is 2.25 bits per heavy atom. The monoisotopic (exact) mass is 225 g/mol. The predicted molar refractivity (Wildman–Crippen MR) is 52.9 cm³/mol. The molecule has 0 aliphatic carbocycles. The lowest BCUT2D eigenvalue weighted by atomic mass is 10.2. The number of aromatic nitrogens is 2. The summed E-state index contributed by atoms with van der Waals surface area (Å²) < 4.78 is 1.03. The fraction of sp³-hybridized carbons (Fsp3) is 0.125. The normalized spacial score (nSPS) is 10.8. The lowest BCUT2D eigenvalue weighted by Crippen LogP contribution is -1.86. The molecular formula is C8H8BrN3. The standard InChI is InChI=1S/C8H8BrN3/c1-4-7-5(9)2-3-6(10)8(7)12-11-4/h2-3H,10H2,1H3,(H,11,12). The van der Waals surface area contributed by atoms with E-state index in [1.165, 1.54) is 0 Å². The highest BCUT2D eigenvalue weighted by Gasteiger charge is 2.07. The highest BCUT2D eigenvalue weighted by molar-refractivity contribution is 9.10. The summed E-state index contributed by atoms with van der Waals surface area (Å²) in [5.41, 5.74) is 8.31. The van der Waals surface area contributed by atoms with E-state index in [0.29, 0.717) is 5.69 Å². The molecule has 0 fully saturated rings. The number of H-pyrrole nitrogens is 1. The SMILES string of the molecule is Cc1[nH]nc2c(N)ccc(Br)c12. The number of anilines is 1. The predicted octanol–water partition coefficient (Wildman–Crippen LogP) is 2.22. The van der Waals surface area contributed by atoms with E-state index in [-0.39, 0.29) is 0 Å². The zero-order valence-corrected chi connectivity index (χ0v) is 8.14. The summed E-state index contributed by atoms with van der Waals surface area (Å²) in [7, 11) is 0. The maximum absolute atomic E-state index is 5.74. The molecule has 2 aromatic rings. The van der Waals surface area contributed by atoms with Gasteiger partial charge in [-0.05, 0) is 19.1 Å². The average molecular weight is 226 g/mol. The smallest absolute Gasteiger partial charge is 0.116 e. The van der Waals surface area contributed by atoms with Gasteiger partial charge in [-0.15, -0.1) is 0 Å². The van der Waals surface area contributed by atoms with Crippen molar-refractivity contribution in [2.45, 2.75) is 6.92 Å². The van der Waals surface area contributed by atoms with E-state index in [2.05, 4.69) is 26.1 Å². The largest absolute Gasteiger partial charge is 0.397 e. The van der Waals surface area contributed by atoms with E-state index >= 15 is 0 Å². The number of fused-ring (bicyclic) bond motifs is 1. The topological polar surface area (TPSA) is 54.7 Å². The van der Waals surface area contributed by atoms with Crippen molar-refractivity contribution in [1.29, 1.82) is 0 Å². The summed E-state index contributed by atoms with van der Waals surface area (Å²) in [6.45, 7) is 1.97. The van der Waals surface area contributed by atoms with E-state index in [0.717, 1.165) is 21.1 Å². The van der Waals surface area contributed by atoms with Crippen molar-refractivity contribution in [2.75, 3.05) is 5.73 Å². The summed E-state index contributed by atoms with van der Waals surface area (Å²) in [5, 5.41) is 8.06. The van der Waals surface area contributed by atoms with Gasteiger partial charge in [-0.2, -0.15) is 5.10 Å². The molecule has 0 aliphatic heterocycles. The highest BCUT2D eigenvalue weighted by Crippen LogP contribution is 2.28. The average Bonchev–Trinajstić information content (AvgIpc) is 2.42. The number of hydrogen-bond acceptors (Lipinski definition) is 2. The second-order valence-corrected chi connectivity index (χ2v) is 3.56. The van der Waals surface area contributed by atoms with Crippen molar-refractivity contribution < 1.29 is 0 Å². The summed E-state index contributed by atoms with van der Waals surface area (Å²) in [6.07, 6.45) is 0. The van der Waals surface area contributed by atoms with Crippen molar-refractivity contribution >= 4 is 32.5 Å². The zero-order chi connectivity index (χ0) is 8.72. The van der Waals surface area contributed by atoms with Crippen LogP contribution in [-0.4, -0.2) is 10.2 Å². The van der Waals surface area contributed by atoms with Crippen molar-refractivity contribution in [3.05, 3.63) is 22.3 Å². The molecule has 0 amide bonds. The Morgan fingerprint density at radius 1 is 1.50 bits per heavy atom. The second-order valence-electron chi connectivity index (χ2n) is 2.71. The van der Waals surface area contributed by atoms with Gasteiger partial charge in [-0.1, -0.05) is 15.9 Å². The van der Waals surface area contributed by atoms with Crippen molar-refractivity contribution in [1.82, 2.24) is 10.2 Å². The molecule has 0 radical (unpaired) electrons. The number of aromatic amines is 1. The van der Waals surface area contributed by atoms with Crippen molar-refractivity contribution in [3.63, 3.8) is 0 Å². The Labute approximate surface area is 78.1 Å². The number of nitrogens with zero attached hydrogens (tertiary/aromatic N) is 1. The minimum atomic E-state index is 0.706. The molecule has 0 atom stereocenters. The quantitative estimate of drug-likeness (QED) is 0.676. The minimum absolute atomic E-state index is 0.706. The first kappa shape index (κ1) is 7.61. The fourth-order valence-corrected chi connectivity index (χ4v) is 1.87. The molecule has 0 saturated carbocycles. The van der Waals surface area contributed by atoms with Crippen LogP contribution in [-0.2, 0) is 0 Å². The first-order chi connectivity index (χ1) is 5.70. The van der Waals surface area contributed by atoms with Gasteiger partial charge in [0, 0.05) is 15.6 Å². The number of nitrogen functional groups attached to an aromatic ring is 1. The van der Waals surface area contributed by atoms with Gasteiger partial charge < -0.3 is 5.73 Å². The highest BCUT2D eigenvalue weighted by atomic mass is 79.9. The third-order valence-electron chi connectivity index (χ3n) is 1.87. The second kappa shape index (κ2) is 2.48. The molecular weight excluding hydrogens is 218 g/mol. The number of aryl methyl sites for hydroxylation is 1. The Morgan fingerprint density at radius 3 is 2.92 bits per heavy atom. The Bertz CT molecular complexity index is 433. The summed E-state index contributed by atoms with van der Waals surface area (Å²) in [5.74, 6) is 0. The molecule has 1 aromatic heterocycles. The van der Waals surface area contributed by atoms with Gasteiger partial charge in [0.25, 0.3) is 0 Å². The lowest BCUT2D eigenvalue weighted by molar-refractivity contribution is 1.07. The Balaban J connectivity index is 2.98. The number of nitrogens with two attached hydrogens (primary N) is 1. The summed E-state index contributed by atoms with van der Waals surface area (Å²) in [6, 6.07) is 3.77. The molecule has 2 rings (SSSR count). The molecule has 1 aromatic carbocycles. The molecule has 3 N–H and O–H groups in total. The van der Waals surface area contributed by atoms with Gasteiger partial charge in [0.1, 0.15) is 5.52 Å². The molecule has 0 aliphatic rings. The van der Waals surface area contributed by atoms with Crippen LogP contribution in [0.4, 0.5) is 5.69 Å². The van der Waals surface area contributed by atoms with E-state index < -0.39 is 0 Å². The molecule has 62 valence electrons. The maximum atomic E-state index is 5.74. The first-order valence-corrected chi connectivity index (χ1v) is 4.38. The molecule has 1 heterocycles. The maximum Gasteiger partial charge on any atom is 0.116 e. The van der Waals surface area contributed by atoms with E-state index in [1.54, 1.807) is 0 Å². The minimum Gasteiger partial charge on any atom is -0.397 e. The van der Waals surface area contributed by atoms with E-state index in [1.807, 2.05) is 19.1 Å². The van der Waals surface area contributed by atoms with Gasteiger partial charge in [0.15, 0.2) is 0 Å². The van der Waals surface area contributed by atoms with Crippen LogP contribution in [0.1, 0.15) is 5.69 Å². The number of rotatable bonds is 0. The summed E-state index contributed by atoms with van der Waals surface area (Å²) >= 11 is 3.45. The lowest BCUT2D eigenvalue weighted by Gasteiger charge is -1.96. The molecule has 4 heteroatoms. The van der Waals surface area contributed by atoms with E-state index in [9.17, 15) is 0 Å². The van der Waals surface area contributed by atoms with Gasteiger partial charge in [-0.25, -0.2) is 0 Å². The van der Waals surface area contributed by atoms with Crippen LogP contribution in [0.3, 0.4) is 0 Å². The van der Waals surface area contributed by atoms with E-state index in [4.69, 9.17) is 5.73 Å². The first-order valence-electron chi connectivity index (χ1n) is 3.59. The van der Waals surface area contributed by atoms with Crippen LogP contribution < -0.4 is 5.73 Å². The third-order valence-corrected chi connectivity index (χ3v) is 2.53. The fourth-order valence-electron chi connectivity index (χ4n) is 1.26. The Kier molecular flexibility index (Phi) is 1.58. The van der Waals surface area contributed by atoms with Crippen LogP contribution >= 0.6 is 15.9 Å². The number of benzene rings is 1. The number of nitrogens with one attached hydrogen (secondary N) is 1. The molecule has 12 heavy (non-hydrogen) atoms. The van der Waals surface area contributed by atoms with Crippen molar-refractivity contribution in [3.8, 4) is 0 Å². The Hall–Kier alpha value is -1.03. The van der Waals surface area contributed by atoms with Crippen LogP contribution in [0.15, 0.2) is 16.6 Å². The van der Waals surface area contributed by atoms with Crippen LogP contribution in [0, 0.1) is 6.92 Å². The molecule has 0 bridgehead atoms. The van der Waals surface area contributed by atoms with Crippen LogP contribution in [0.25, 0.3) is 10.9 Å². The number of halogens is 1.